The number of halogens is 2. The fraction of sp³-hybridized carbons (Fsp3) is 0. The summed E-state index contributed by atoms with van der Waals surface area (Å²) in [5, 5.41) is 4.22. The molecule has 0 bridgehead atoms. The maximum atomic E-state index is 6.21. The fourth-order valence-electron chi connectivity index (χ4n) is 4.06. The third kappa shape index (κ3) is 2.72. The first kappa shape index (κ1) is 18.1. The van der Waals surface area contributed by atoms with Crippen LogP contribution in [0.2, 0.25) is 5.02 Å². The van der Waals surface area contributed by atoms with Gasteiger partial charge >= 0.3 is 0 Å². The molecular weight excluding hydrogens is 476 g/mol. The Kier molecular flexibility index (Phi) is 4.20. The van der Waals surface area contributed by atoms with E-state index >= 15 is 0 Å². The number of hydrogen-bond donors (Lipinski definition) is 0. The van der Waals surface area contributed by atoms with Crippen LogP contribution in [0.25, 0.3) is 48.3 Å². The normalized spacial score (nSPS) is 11.7. The van der Waals surface area contributed by atoms with E-state index in [2.05, 4.69) is 87.2 Å². The molecule has 0 radical (unpaired) electrons. The van der Waals surface area contributed by atoms with Gasteiger partial charge in [0.05, 0.1) is 26.9 Å². The van der Waals surface area contributed by atoms with Crippen molar-refractivity contribution in [1.82, 2.24) is 9.55 Å². The molecular formula is C25H14BrClN2S. The highest BCUT2D eigenvalue weighted by Gasteiger charge is 2.18. The molecule has 6 rings (SSSR count). The van der Waals surface area contributed by atoms with Crippen LogP contribution in [-0.2, 0) is 0 Å². The predicted molar refractivity (Wildman–Crippen MR) is 132 cm³/mol. The van der Waals surface area contributed by atoms with Gasteiger partial charge in [-0.15, -0.1) is 11.3 Å². The lowest BCUT2D eigenvalue weighted by Crippen LogP contribution is -1.94. The van der Waals surface area contributed by atoms with Crippen molar-refractivity contribution in [2.75, 3.05) is 0 Å². The maximum Gasteiger partial charge on any atom is 0.124 e. The van der Waals surface area contributed by atoms with E-state index < -0.39 is 0 Å². The van der Waals surface area contributed by atoms with E-state index in [4.69, 9.17) is 16.6 Å². The summed E-state index contributed by atoms with van der Waals surface area (Å²) in [6.07, 6.45) is 0. The highest BCUT2D eigenvalue weighted by Crippen LogP contribution is 2.42. The third-order valence-electron chi connectivity index (χ3n) is 5.36. The molecule has 0 N–H and O–H groups in total. The molecule has 2 nitrogen and oxygen atoms in total. The number of rotatable bonds is 2. The van der Waals surface area contributed by atoms with Crippen LogP contribution in [0.3, 0.4) is 0 Å². The molecule has 0 saturated carbocycles. The zero-order chi connectivity index (χ0) is 20.2. The van der Waals surface area contributed by atoms with Crippen LogP contribution >= 0.6 is 38.9 Å². The zero-order valence-corrected chi connectivity index (χ0v) is 18.8. The molecule has 0 atom stereocenters. The van der Waals surface area contributed by atoms with Crippen LogP contribution in [-0.4, -0.2) is 9.55 Å². The van der Waals surface area contributed by atoms with Gasteiger partial charge in [0.1, 0.15) is 5.01 Å². The Bertz CT molecular complexity index is 1570. The predicted octanol–water partition coefficient (Wildman–Crippen LogP) is 8.48. The van der Waals surface area contributed by atoms with E-state index in [0.29, 0.717) is 5.02 Å². The molecule has 2 heterocycles. The number of nitrogens with zero attached hydrogens (tertiary/aromatic N) is 2. The number of para-hydroxylation sites is 1. The summed E-state index contributed by atoms with van der Waals surface area (Å²) in [5.41, 5.74) is 5.57. The van der Waals surface area contributed by atoms with Crippen LogP contribution in [0.1, 0.15) is 0 Å². The SMILES string of the molecule is Clc1ccc(-n2c3ccccc3c3c4sc(-c5ccccc5)nc4ccc32)c(Br)c1. The number of aromatic nitrogens is 2. The summed E-state index contributed by atoms with van der Waals surface area (Å²) >= 11 is 11.7. The summed E-state index contributed by atoms with van der Waals surface area (Å²) in [4.78, 5) is 4.93. The minimum atomic E-state index is 0.712. The van der Waals surface area contributed by atoms with Crippen LogP contribution in [0.4, 0.5) is 0 Å². The molecule has 0 unspecified atom stereocenters. The van der Waals surface area contributed by atoms with Crippen molar-refractivity contribution in [2.45, 2.75) is 0 Å². The maximum absolute atomic E-state index is 6.21. The second-order valence-electron chi connectivity index (χ2n) is 7.14. The summed E-state index contributed by atoms with van der Waals surface area (Å²) in [5.74, 6) is 0. The summed E-state index contributed by atoms with van der Waals surface area (Å²) < 4.78 is 4.48. The Hall–Kier alpha value is -2.66. The topological polar surface area (TPSA) is 17.8 Å². The van der Waals surface area contributed by atoms with Crippen LogP contribution in [0, 0.1) is 0 Å². The van der Waals surface area contributed by atoms with E-state index in [-0.39, 0.29) is 0 Å². The van der Waals surface area contributed by atoms with Crippen molar-refractivity contribution in [3.8, 4) is 16.3 Å². The molecule has 0 spiro atoms. The Labute approximate surface area is 190 Å². The molecule has 0 saturated heterocycles. The van der Waals surface area contributed by atoms with Crippen LogP contribution < -0.4 is 0 Å². The highest BCUT2D eigenvalue weighted by atomic mass is 79.9. The second-order valence-corrected chi connectivity index (χ2v) is 9.43. The Morgan fingerprint density at radius 2 is 1.63 bits per heavy atom. The number of thiazole rings is 1. The van der Waals surface area contributed by atoms with Gasteiger partial charge in [0.15, 0.2) is 0 Å². The molecule has 0 amide bonds. The van der Waals surface area contributed by atoms with Gasteiger partial charge in [0.2, 0.25) is 0 Å². The molecule has 0 aliphatic carbocycles. The molecule has 0 aliphatic rings. The van der Waals surface area contributed by atoms with Crippen molar-refractivity contribution in [3.05, 3.63) is 94.4 Å². The molecule has 30 heavy (non-hydrogen) atoms. The smallest absolute Gasteiger partial charge is 0.124 e. The summed E-state index contributed by atoms with van der Waals surface area (Å²) in [7, 11) is 0. The molecule has 0 fully saturated rings. The van der Waals surface area contributed by atoms with E-state index in [1.54, 1.807) is 11.3 Å². The third-order valence-corrected chi connectivity index (χ3v) is 7.37. The van der Waals surface area contributed by atoms with Gasteiger partial charge in [0.25, 0.3) is 0 Å². The molecule has 4 aromatic carbocycles. The minimum Gasteiger partial charge on any atom is -0.308 e. The van der Waals surface area contributed by atoms with Gasteiger partial charge in [-0.05, 0) is 52.3 Å². The van der Waals surface area contributed by atoms with Crippen molar-refractivity contribution in [1.29, 1.82) is 0 Å². The number of hydrogen-bond acceptors (Lipinski definition) is 2. The van der Waals surface area contributed by atoms with Crippen molar-refractivity contribution in [2.24, 2.45) is 0 Å². The Morgan fingerprint density at radius 3 is 2.47 bits per heavy atom. The molecule has 144 valence electrons. The lowest BCUT2D eigenvalue weighted by molar-refractivity contribution is 1.17. The minimum absolute atomic E-state index is 0.712. The first-order valence-electron chi connectivity index (χ1n) is 9.54. The van der Waals surface area contributed by atoms with E-state index in [1.165, 1.54) is 15.5 Å². The number of benzene rings is 4. The Morgan fingerprint density at radius 1 is 0.833 bits per heavy atom. The largest absolute Gasteiger partial charge is 0.308 e. The van der Waals surface area contributed by atoms with Crippen LogP contribution in [0.5, 0.6) is 0 Å². The van der Waals surface area contributed by atoms with Crippen molar-refractivity contribution < 1.29 is 0 Å². The van der Waals surface area contributed by atoms with Gasteiger partial charge in [-0.2, -0.15) is 0 Å². The average Bonchev–Trinajstić information content (AvgIpc) is 3.34. The van der Waals surface area contributed by atoms with Crippen LogP contribution in [0.15, 0.2) is 89.4 Å². The number of fused-ring (bicyclic) bond motifs is 5. The van der Waals surface area contributed by atoms with Crippen molar-refractivity contribution >= 4 is 70.9 Å². The second kappa shape index (κ2) is 6.95. The lowest BCUT2D eigenvalue weighted by atomic mass is 10.1. The van der Waals surface area contributed by atoms with Gasteiger partial charge in [-0.25, -0.2) is 4.98 Å². The van der Waals surface area contributed by atoms with Crippen molar-refractivity contribution in [3.63, 3.8) is 0 Å². The lowest BCUT2D eigenvalue weighted by Gasteiger charge is -2.10. The molecule has 5 heteroatoms. The van der Waals surface area contributed by atoms with E-state index in [0.717, 1.165) is 37.3 Å². The highest BCUT2D eigenvalue weighted by molar-refractivity contribution is 9.10. The first-order chi connectivity index (χ1) is 14.7. The molecule has 6 aromatic rings. The van der Waals surface area contributed by atoms with E-state index in [1.807, 2.05) is 18.2 Å². The van der Waals surface area contributed by atoms with Gasteiger partial charge in [-0.1, -0.05) is 60.1 Å². The fourth-order valence-corrected chi connectivity index (χ4v) is 6.05. The summed E-state index contributed by atoms with van der Waals surface area (Å²) in [6, 6.07) is 29.2. The summed E-state index contributed by atoms with van der Waals surface area (Å²) in [6.45, 7) is 0. The van der Waals surface area contributed by atoms with Gasteiger partial charge in [0, 0.05) is 25.8 Å². The Balaban J connectivity index is 1.74. The quantitative estimate of drug-likeness (QED) is 0.238. The monoisotopic (exact) mass is 488 g/mol. The van der Waals surface area contributed by atoms with E-state index in [9.17, 15) is 0 Å². The first-order valence-corrected chi connectivity index (χ1v) is 11.5. The zero-order valence-electron chi connectivity index (χ0n) is 15.6. The average molecular weight is 490 g/mol. The van der Waals surface area contributed by atoms with Gasteiger partial charge < -0.3 is 4.57 Å². The molecule has 0 aliphatic heterocycles. The standard InChI is InChI=1S/C25H14BrClN2S/c26-18-14-16(27)10-12-21(18)29-20-9-5-4-8-17(20)23-22(29)13-11-19-24(23)30-25(28-19)15-6-2-1-3-7-15/h1-14H. The molecule has 2 aromatic heterocycles. The van der Waals surface area contributed by atoms with Gasteiger partial charge in [-0.3, -0.25) is 0 Å².